The van der Waals surface area contributed by atoms with Crippen LogP contribution in [0.2, 0.25) is 0 Å². The largest absolute Gasteiger partial charge is 0.480 e. The van der Waals surface area contributed by atoms with Crippen LogP contribution >= 0.6 is 11.8 Å². The second-order valence-corrected chi connectivity index (χ2v) is 6.09. The molecule has 0 saturated heterocycles. The number of benzene rings is 1. The average molecular weight is 352 g/mol. The Bertz CT molecular complexity index is 566. The van der Waals surface area contributed by atoms with Gasteiger partial charge < -0.3 is 21.9 Å². The van der Waals surface area contributed by atoms with Crippen molar-refractivity contribution >= 4 is 28.8 Å². The molecule has 1 aromatic rings. The molecule has 1 aromatic carbocycles. The van der Waals surface area contributed by atoms with Crippen molar-refractivity contribution in [2.24, 2.45) is 16.5 Å². The minimum atomic E-state index is -1.09. The van der Waals surface area contributed by atoms with Crippen LogP contribution in [0, 0.1) is 0 Å². The number of nitrogens with two attached hydrogens (primary N) is 2. The van der Waals surface area contributed by atoms with E-state index in [1.807, 2.05) is 36.6 Å². The van der Waals surface area contributed by atoms with Crippen LogP contribution in [0.4, 0.5) is 0 Å². The van der Waals surface area contributed by atoms with Gasteiger partial charge >= 0.3 is 5.97 Å². The molecule has 7 nitrogen and oxygen atoms in total. The molecule has 1 amide bonds. The highest BCUT2D eigenvalue weighted by molar-refractivity contribution is 8.13. The summed E-state index contributed by atoms with van der Waals surface area (Å²) in [6.45, 7) is 0.486. The van der Waals surface area contributed by atoms with E-state index >= 15 is 0 Å². The number of amides is 1. The summed E-state index contributed by atoms with van der Waals surface area (Å²) in [6, 6.07) is 7.35. The highest BCUT2D eigenvalue weighted by atomic mass is 32.2. The number of nitrogens with zero attached hydrogens (tertiary/aromatic N) is 1. The van der Waals surface area contributed by atoms with E-state index in [0.717, 1.165) is 5.56 Å². The molecule has 0 fully saturated rings. The fraction of sp³-hybridized carbons (Fsp3) is 0.438. The number of carbonyl (C=O) groups is 2. The lowest BCUT2D eigenvalue weighted by atomic mass is 10.0. The molecule has 6 N–H and O–H groups in total. The normalized spacial score (nSPS) is 14.0. The zero-order valence-electron chi connectivity index (χ0n) is 13.6. The van der Waals surface area contributed by atoms with E-state index in [9.17, 15) is 14.7 Å². The van der Waals surface area contributed by atoms with Crippen LogP contribution < -0.4 is 16.8 Å². The van der Waals surface area contributed by atoms with Crippen molar-refractivity contribution in [3.05, 3.63) is 35.9 Å². The van der Waals surface area contributed by atoms with Crippen LogP contribution in [0.25, 0.3) is 0 Å². The van der Waals surface area contributed by atoms with Crippen molar-refractivity contribution in [2.45, 2.75) is 31.3 Å². The molecule has 0 aliphatic carbocycles. The first-order valence-electron chi connectivity index (χ1n) is 7.60. The summed E-state index contributed by atoms with van der Waals surface area (Å²) in [5, 5.41) is 12.3. The molecule has 2 atom stereocenters. The number of rotatable bonds is 9. The Morgan fingerprint density at radius 2 is 2.00 bits per heavy atom. The third-order valence-corrected chi connectivity index (χ3v) is 3.93. The van der Waals surface area contributed by atoms with E-state index in [-0.39, 0.29) is 6.42 Å². The van der Waals surface area contributed by atoms with Crippen LogP contribution in [0.1, 0.15) is 18.4 Å². The first-order valence-corrected chi connectivity index (χ1v) is 8.83. The number of carbonyl (C=O) groups excluding carboxylic acids is 1. The van der Waals surface area contributed by atoms with Crippen LogP contribution in [-0.4, -0.2) is 47.0 Å². The highest BCUT2D eigenvalue weighted by Crippen LogP contribution is 2.05. The number of hydrogen-bond donors (Lipinski definition) is 4. The van der Waals surface area contributed by atoms with Gasteiger partial charge in [0.15, 0.2) is 5.17 Å². The van der Waals surface area contributed by atoms with E-state index in [0.29, 0.717) is 24.6 Å². The standard InChI is InChI=1S/C16H24N4O3S/c1-24-16(18)19-9-5-8-12(17)14(21)20-13(15(22)23)10-11-6-3-2-4-7-11/h2-4,6-7,12-13H,5,8-10,17H2,1H3,(H2,18,19)(H,20,21)(H,22,23)/t12-,13-/m0/s1. The maximum atomic E-state index is 12.1. The van der Waals surface area contributed by atoms with Gasteiger partial charge in [-0.15, -0.1) is 0 Å². The van der Waals surface area contributed by atoms with Gasteiger partial charge in [0.25, 0.3) is 0 Å². The smallest absolute Gasteiger partial charge is 0.326 e. The molecule has 0 aromatic heterocycles. The summed E-state index contributed by atoms with van der Waals surface area (Å²) in [5.41, 5.74) is 12.2. The molecule has 0 aliphatic rings. The minimum absolute atomic E-state index is 0.211. The van der Waals surface area contributed by atoms with Crippen molar-refractivity contribution in [1.29, 1.82) is 0 Å². The summed E-state index contributed by atoms with van der Waals surface area (Å²) in [6.07, 6.45) is 3.06. The predicted octanol–water partition coefficient (Wildman–Crippen LogP) is 0.584. The molecule has 8 heteroatoms. The quantitative estimate of drug-likeness (QED) is 0.292. The Balaban J connectivity index is 2.48. The first kappa shape index (κ1) is 20.0. The zero-order valence-corrected chi connectivity index (χ0v) is 14.5. The van der Waals surface area contributed by atoms with Crippen LogP contribution in [-0.2, 0) is 16.0 Å². The van der Waals surface area contributed by atoms with E-state index < -0.39 is 24.0 Å². The molecule has 0 aliphatic heterocycles. The summed E-state index contributed by atoms with van der Waals surface area (Å²) in [4.78, 5) is 27.5. The predicted molar refractivity (Wildman–Crippen MR) is 96.9 cm³/mol. The van der Waals surface area contributed by atoms with Crippen LogP contribution in [0.3, 0.4) is 0 Å². The number of aliphatic carboxylic acids is 1. The summed E-state index contributed by atoms with van der Waals surface area (Å²) in [7, 11) is 0. The van der Waals surface area contributed by atoms with Gasteiger partial charge in [-0.1, -0.05) is 42.1 Å². The van der Waals surface area contributed by atoms with Gasteiger partial charge in [-0.05, 0) is 24.7 Å². The van der Waals surface area contributed by atoms with Crippen molar-refractivity contribution in [3.8, 4) is 0 Å². The van der Waals surface area contributed by atoms with E-state index in [4.69, 9.17) is 11.5 Å². The zero-order chi connectivity index (χ0) is 17.9. The van der Waals surface area contributed by atoms with Crippen molar-refractivity contribution in [1.82, 2.24) is 5.32 Å². The fourth-order valence-corrected chi connectivity index (χ4v) is 2.25. The van der Waals surface area contributed by atoms with Gasteiger partial charge in [-0.3, -0.25) is 9.79 Å². The number of carboxylic acid groups (broad SMARTS) is 1. The Morgan fingerprint density at radius 3 is 2.58 bits per heavy atom. The van der Waals surface area contributed by atoms with E-state index in [1.54, 1.807) is 0 Å². The Hall–Kier alpha value is -2.06. The molecular weight excluding hydrogens is 328 g/mol. The second kappa shape index (κ2) is 10.7. The van der Waals surface area contributed by atoms with Gasteiger partial charge in [0.2, 0.25) is 5.91 Å². The number of hydrogen-bond acceptors (Lipinski definition) is 5. The van der Waals surface area contributed by atoms with Gasteiger partial charge in [-0.2, -0.15) is 0 Å². The van der Waals surface area contributed by atoms with Gasteiger partial charge in [0.05, 0.1) is 6.04 Å². The molecule has 1 rings (SSSR count). The summed E-state index contributed by atoms with van der Waals surface area (Å²) < 4.78 is 0. The molecular formula is C16H24N4O3S. The Morgan fingerprint density at radius 1 is 1.33 bits per heavy atom. The van der Waals surface area contributed by atoms with Gasteiger partial charge in [0, 0.05) is 13.0 Å². The molecule has 0 heterocycles. The number of amidine groups is 1. The topological polar surface area (TPSA) is 131 Å². The number of carboxylic acids is 1. The van der Waals surface area contributed by atoms with Crippen LogP contribution in [0.5, 0.6) is 0 Å². The number of aliphatic imine (C=N–C) groups is 1. The molecule has 0 radical (unpaired) electrons. The molecule has 0 saturated carbocycles. The monoisotopic (exact) mass is 352 g/mol. The molecule has 24 heavy (non-hydrogen) atoms. The van der Waals surface area contributed by atoms with Crippen molar-refractivity contribution in [2.75, 3.05) is 12.8 Å². The van der Waals surface area contributed by atoms with E-state index in [2.05, 4.69) is 10.3 Å². The molecule has 132 valence electrons. The molecule has 0 spiro atoms. The SMILES string of the molecule is CSC(N)=NCCC[C@H](N)C(=O)N[C@@H](Cc1ccccc1)C(=O)O. The van der Waals surface area contributed by atoms with Gasteiger partial charge in [-0.25, -0.2) is 4.79 Å². The third kappa shape index (κ3) is 7.47. The lowest BCUT2D eigenvalue weighted by Gasteiger charge is -2.17. The lowest BCUT2D eigenvalue weighted by Crippen LogP contribution is -2.49. The van der Waals surface area contributed by atoms with Crippen LogP contribution in [0.15, 0.2) is 35.3 Å². The van der Waals surface area contributed by atoms with Gasteiger partial charge in [0.1, 0.15) is 6.04 Å². The second-order valence-electron chi connectivity index (χ2n) is 5.26. The Kier molecular flexibility index (Phi) is 8.88. The highest BCUT2D eigenvalue weighted by Gasteiger charge is 2.23. The molecule has 0 unspecified atom stereocenters. The first-order chi connectivity index (χ1) is 11.4. The molecule has 0 bridgehead atoms. The maximum absolute atomic E-state index is 12.1. The minimum Gasteiger partial charge on any atom is -0.480 e. The maximum Gasteiger partial charge on any atom is 0.326 e. The average Bonchev–Trinajstić information content (AvgIpc) is 2.58. The van der Waals surface area contributed by atoms with Crippen molar-refractivity contribution < 1.29 is 14.7 Å². The number of thioether (sulfide) groups is 1. The summed E-state index contributed by atoms with van der Waals surface area (Å²) in [5.74, 6) is -1.56. The van der Waals surface area contributed by atoms with E-state index in [1.165, 1.54) is 11.8 Å². The third-order valence-electron chi connectivity index (χ3n) is 3.38. The Labute approximate surface area is 145 Å². The fourth-order valence-electron chi connectivity index (χ4n) is 2.02. The lowest BCUT2D eigenvalue weighted by molar-refractivity contribution is -0.142. The van der Waals surface area contributed by atoms with Crippen molar-refractivity contribution in [3.63, 3.8) is 0 Å². The summed E-state index contributed by atoms with van der Waals surface area (Å²) >= 11 is 1.35. The number of nitrogens with one attached hydrogen (secondary N) is 1.